The molecule has 0 saturated heterocycles. The van der Waals surface area contributed by atoms with Gasteiger partial charge in [-0.2, -0.15) is 4.37 Å². The molecule has 4 heteroatoms. The minimum absolute atomic E-state index is 0.0313. The molecule has 0 fully saturated rings. The second-order valence-corrected chi connectivity index (χ2v) is 2.51. The van der Waals surface area contributed by atoms with Crippen molar-refractivity contribution in [3.8, 4) is 0 Å². The number of nitrogens with zero attached hydrogens (tertiary/aromatic N) is 1. The molecule has 0 aliphatic rings. The molecule has 1 rings (SSSR count). The van der Waals surface area contributed by atoms with E-state index in [0.29, 0.717) is 18.7 Å². The van der Waals surface area contributed by atoms with Crippen molar-refractivity contribution in [1.82, 2.24) is 4.37 Å². The van der Waals surface area contributed by atoms with E-state index in [2.05, 4.69) is 4.37 Å². The van der Waals surface area contributed by atoms with Crippen molar-refractivity contribution in [2.75, 3.05) is 6.54 Å². The summed E-state index contributed by atoms with van der Waals surface area (Å²) in [5.74, 6) is 0.0313. The maximum atomic E-state index is 11.0. The molecule has 1 aromatic heterocycles. The summed E-state index contributed by atoms with van der Waals surface area (Å²) in [6, 6.07) is 1.71. The van der Waals surface area contributed by atoms with Crippen molar-refractivity contribution >= 4 is 17.3 Å². The van der Waals surface area contributed by atoms with E-state index in [1.54, 1.807) is 11.4 Å². The van der Waals surface area contributed by atoms with Gasteiger partial charge in [-0.15, -0.1) is 0 Å². The molecular formula is C6H8N2OS. The average Bonchev–Trinajstić information content (AvgIpc) is 2.38. The number of hydrogen-bond donors (Lipinski definition) is 1. The lowest BCUT2D eigenvalue weighted by Gasteiger charge is -1.89. The molecule has 2 N–H and O–H groups in total. The molecule has 0 amide bonds. The van der Waals surface area contributed by atoms with Gasteiger partial charge in [-0.3, -0.25) is 4.79 Å². The summed E-state index contributed by atoms with van der Waals surface area (Å²) in [7, 11) is 0. The summed E-state index contributed by atoms with van der Waals surface area (Å²) in [5, 5.41) is 1.78. The fraction of sp³-hybridized carbons (Fsp3) is 0.333. The highest BCUT2D eigenvalue weighted by Gasteiger charge is 2.04. The minimum Gasteiger partial charge on any atom is -0.330 e. The summed E-state index contributed by atoms with van der Waals surface area (Å²) >= 11 is 1.28. The highest BCUT2D eigenvalue weighted by Crippen LogP contribution is 2.01. The molecular weight excluding hydrogens is 148 g/mol. The molecule has 0 spiro atoms. The Labute approximate surface area is 63.0 Å². The lowest BCUT2D eigenvalue weighted by Crippen LogP contribution is -2.07. The van der Waals surface area contributed by atoms with Gasteiger partial charge in [0.05, 0.1) is 0 Å². The Morgan fingerprint density at radius 3 is 3.10 bits per heavy atom. The summed E-state index contributed by atoms with van der Waals surface area (Å²) in [6.45, 7) is 0.399. The number of rotatable bonds is 3. The van der Waals surface area contributed by atoms with Crippen molar-refractivity contribution in [2.24, 2.45) is 5.73 Å². The van der Waals surface area contributed by atoms with E-state index >= 15 is 0 Å². The maximum absolute atomic E-state index is 11.0. The van der Waals surface area contributed by atoms with Crippen molar-refractivity contribution in [2.45, 2.75) is 6.42 Å². The average molecular weight is 156 g/mol. The molecule has 1 aromatic rings. The Balaban J connectivity index is 2.59. The van der Waals surface area contributed by atoms with Gasteiger partial charge in [-0.1, -0.05) is 0 Å². The zero-order chi connectivity index (χ0) is 7.40. The minimum atomic E-state index is 0.0313. The van der Waals surface area contributed by atoms with Gasteiger partial charge < -0.3 is 5.73 Å². The van der Waals surface area contributed by atoms with E-state index < -0.39 is 0 Å². The second-order valence-electron chi connectivity index (χ2n) is 1.85. The van der Waals surface area contributed by atoms with E-state index in [0.717, 1.165) is 0 Å². The topological polar surface area (TPSA) is 56.0 Å². The zero-order valence-electron chi connectivity index (χ0n) is 5.41. The van der Waals surface area contributed by atoms with Crippen LogP contribution in [0.5, 0.6) is 0 Å². The standard InChI is InChI=1S/C6H8N2OS/c7-3-1-6(9)5-2-4-10-8-5/h2,4H,1,3,7H2. The number of aromatic nitrogens is 1. The fourth-order valence-electron chi connectivity index (χ4n) is 0.616. The molecule has 0 saturated carbocycles. The molecule has 3 nitrogen and oxygen atoms in total. The van der Waals surface area contributed by atoms with Crippen molar-refractivity contribution in [1.29, 1.82) is 0 Å². The predicted octanol–water partition coefficient (Wildman–Crippen LogP) is 0.675. The van der Waals surface area contributed by atoms with Gasteiger partial charge in [0.15, 0.2) is 5.78 Å². The molecule has 0 bridgehead atoms. The number of ketones is 1. The van der Waals surface area contributed by atoms with Crippen LogP contribution in [0.25, 0.3) is 0 Å². The molecule has 0 aliphatic heterocycles. The van der Waals surface area contributed by atoms with E-state index in [1.165, 1.54) is 11.5 Å². The maximum Gasteiger partial charge on any atom is 0.183 e. The highest BCUT2D eigenvalue weighted by atomic mass is 32.1. The Morgan fingerprint density at radius 1 is 1.80 bits per heavy atom. The largest absolute Gasteiger partial charge is 0.330 e. The number of nitrogens with two attached hydrogens (primary N) is 1. The van der Waals surface area contributed by atoms with Crippen LogP contribution < -0.4 is 5.73 Å². The molecule has 0 radical (unpaired) electrons. The van der Waals surface area contributed by atoms with Gasteiger partial charge in [0.1, 0.15) is 5.69 Å². The fourth-order valence-corrected chi connectivity index (χ4v) is 1.14. The molecule has 54 valence electrons. The number of hydrogen-bond acceptors (Lipinski definition) is 4. The van der Waals surface area contributed by atoms with E-state index in [-0.39, 0.29) is 5.78 Å². The molecule has 1 heterocycles. The highest BCUT2D eigenvalue weighted by molar-refractivity contribution is 7.03. The Kier molecular flexibility index (Phi) is 2.53. The second kappa shape index (κ2) is 3.43. The normalized spacial score (nSPS) is 9.70. The number of carbonyl (C=O) groups is 1. The summed E-state index contributed by atoms with van der Waals surface area (Å²) in [4.78, 5) is 11.0. The first kappa shape index (κ1) is 7.37. The quantitative estimate of drug-likeness (QED) is 0.654. The van der Waals surface area contributed by atoms with E-state index in [1.807, 2.05) is 0 Å². The van der Waals surface area contributed by atoms with Gasteiger partial charge in [-0.05, 0) is 24.1 Å². The van der Waals surface area contributed by atoms with Gasteiger partial charge in [0.25, 0.3) is 0 Å². The van der Waals surface area contributed by atoms with Crippen LogP contribution in [0.4, 0.5) is 0 Å². The Bertz CT molecular complexity index is 208. The van der Waals surface area contributed by atoms with Gasteiger partial charge in [0, 0.05) is 11.8 Å². The van der Waals surface area contributed by atoms with Gasteiger partial charge in [0.2, 0.25) is 0 Å². The van der Waals surface area contributed by atoms with Crippen molar-refractivity contribution < 1.29 is 4.79 Å². The molecule has 0 aromatic carbocycles. The lowest BCUT2D eigenvalue weighted by molar-refractivity contribution is 0.0982. The third-order valence-corrected chi connectivity index (χ3v) is 1.65. The van der Waals surface area contributed by atoms with E-state index in [4.69, 9.17) is 5.73 Å². The predicted molar refractivity (Wildman–Crippen MR) is 40.1 cm³/mol. The molecule has 0 aliphatic carbocycles. The Morgan fingerprint density at radius 2 is 2.60 bits per heavy atom. The van der Waals surface area contributed by atoms with Crippen LogP contribution in [0, 0.1) is 0 Å². The van der Waals surface area contributed by atoms with Gasteiger partial charge in [-0.25, -0.2) is 0 Å². The van der Waals surface area contributed by atoms with Crippen LogP contribution in [-0.2, 0) is 0 Å². The molecule has 10 heavy (non-hydrogen) atoms. The third-order valence-electron chi connectivity index (χ3n) is 1.09. The molecule has 0 atom stereocenters. The van der Waals surface area contributed by atoms with Crippen molar-refractivity contribution in [3.05, 3.63) is 17.1 Å². The monoisotopic (exact) mass is 156 g/mol. The zero-order valence-corrected chi connectivity index (χ0v) is 6.23. The lowest BCUT2D eigenvalue weighted by atomic mass is 10.2. The van der Waals surface area contributed by atoms with Crippen LogP contribution in [0.2, 0.25) is 0 Å². The number of Topliss-reactive ketones (excluding diaryl/α,β-unsaturated/α-hetero) is 1. The summed E-state index contributed by atoms with van der Waals surface area (Å²) < 4.78 is 3.87. The van der Waals surface area contributed by atoms with Crippen LogP contribution in [0.1, 0.15) is 16.9 Å². The SMILES string of the molecule is NCCC(=O)c1ccsn1. The molecule has 0 unspecified atom stereocenters. The van der Waals surface area contributed by atoms with Crippen LogP contribution in [0.3, 0.4) is 0 Å². The van der Waals surface area contributed by atoms with E-state index in [9.17, 15) is 4.79 Å². The summed E-state index contributed by atoms with van der Waals surface area (Å²) in [5.41, 5.74) is 5.73. The van der Waals surface area contributed by atoms with Crippen LogP contribution >= 0.6 is 11.5 Å². The smallest absolute Gasteiger partial charge is 0.183 e. The first-order valence-corrected chi connectivity index (χ1v) is 3.82. The first-order chi connectivity index (χ1) is 4.84. The number of carbonyl (C=O) groups excluding carboxylic acids is 1. The van der Waals surface area contributed by atoms with Gasteiger partial charge >= 0.3 is 0 Å². The van der Waals surface area contributed by atoms with Crippen molar-refractivity contribution in [3.63, 3.8) is 0 Å². The third kappa shape index (κ3) is 1.62. The summed E-state index contributed by atoms with van der Waals surface area (Å²) in [6.07, 6.45) is 0.393. The van der Waals surface area contributed by atoms with Crippen LogP contribution in [0.15, 0.2) is 11.4 Å². The Hall–Kier alpha value is -0.740. The first-order valence-electron chi connectivity index (χ1n) is 2.98. The van der Waals surface area contributed by atoms with Crippen LogP contribution in [-0.4, -0.2) is 16.7 Å².